The van der Waals surface area contributed by atoms with Crippen LogP contribution in [-0.4, -0.2) is 54.3 Å². The molecule has 1 unspecified atom stereocenters. The van der Waals surface area contributed by atoms with E-state index in [9.17, 15) is 14.4 Å². The third-order valence-corrected chi connectivity index (χ3v) is 7.24. The van der Waals surface area contributed by atoms with E-state index >= 15 is 0 Å². The molecule has 4 aromatic rings. The quantitative estimate of drug-likeness (QED) is 0.200. The maximum atomic E-state index is 12.7. The number of benzene rings is 3. The minimum absolute atomic E-state index is 0.0115. The molecule has 0 saturated carbocycles. The second kappa shape index (κ2) is 13.3. The lowest BCUT2D eigenvalue weighted by atomic mass is 9.96. The number of anilines is 2. The van der Waals surface area contributed by atoms with Crippen LogP contribution in [0, 0.1) is 0 Å². The summed E-state index contributed by atoms with van der Waals surface area (Å²) in [7, 11) is 2.96. The van der Waals surface area contributed by atoms with Gasteiger partial charge in [-0.25, -0.2) is 9.89 Å². The number of carbonyl (C=O) groups is 2. The number of methoxy groups -OCH3 is 2. The van der Waals surface area contributed by atoms with E-state index in [1.807, 2.05) is 24.3 Å². The van der Waals surface area contributed by atoms with Gasteiger partial charge < -0.3 is 24.4 Å². The number of nitrogens with zero attached hydrogens (tertiary/aromatic N) is 2. The summed E-state index contributed by atoms with van der Waals surface area (Å²) in [6.45, 7) is 1.24. The normalized spacial score (nSPS) is 14.4. The third kappa shape index (κ3) is 6.90. The fourth-order valence-electron chi connectivity index (χ4n) is 4.91. The molecule has 0 fully saturated rings. The molecule has 5 rings (SSSR count). The Balaban J connectivity index is 1.25. The second-order valence-electron chi connectivity index (χ2n) is 9.74. The van der Waals surface area contributed by atoms with E-state index in [1.54, 1.807) is 48.7 Å². The van der Waals surface area contributed by atoms with Crippen molar-refractivity contribution >= 4 is 45.8 Å². The van der Waals surface area contributed by atoms with E-state index < -0.39 is 6.09 Å². The molecule has 3 N–H and O–H groups in total. The third-order valence-electron chi connectivity index (χ3n) is 7.00. The smallest absolute Gasteiger partial charge is 0.417 e. The zero-order chi connectivity index (χ0) is 30.3. The van der Waals surface area contributed by atoms with Gasteiger partial charge in [-0.3, -0.25) is 14.9 Å². The monoisotopic (exact) mass is 603 g/mol. The highest BCUT2D eigenvalue weighted by Gasteiger charge is 2.25. The summed E-state index contributed by atoms with van der Waals surface area (Å²) in [4.78, 5) is 39.2. The summed E-state index contributed by atoms with van der Waals surface area (Å²) in [5.74, 6) is 1.59. The van der Waals surface area contributed by atoms with Crippen molar-refractivity contribution in [1.29, 1.82) is 0 Å². The van der Waals surface area contributed by atoms with Crippen molar-refractivity contribution in [1.82, 2.24) is 15.1 Å². The second-order valence-corrected chi connectivity index (χ2v) is 10.2. The van der Waals surface area contributed by atoms with E-state index in [1.165, 1.54) is 14.2 Å². The zero-order valence-electron chi connectivity index (χ0n) is 23.6. The maximum Gasteiger partial charge on any atom is 0.417 e. The number of aromatic amines is 1. The predicted molar refractivity (Wildman–Crippen MR) is 164 cm³/mol. The molecule has 1 aromatic heterocycles. The first-order valence-corrected chi connectivity index (χ1v) is 13.9. The van der Waals surface area contributed by atoms with E-state index in [2.05, 4.69) is 25.7 Å². The Bertz CT molecular complexity index is 1740. The number of hydrogen-bond donors (Lipinski definition) is 3. The van der Waals surface area contributed by atoms with Crippen LogP contribution < -0.4 is 30.4 Å². The number of ether oxygens (including phenoxy) is 3. The van der Waals surface area contributed by atoms with Crippen LogP contribution in [0.1, 0.15) is 24.4 Å². The van der Waals surface area contributed by atoms with Crippen LogP contribution in [0.15, 0.2) is 77.7 Å². The first kappa shape index (κ1) is 29.5. The van der Waals surface area contributed by atoms with Crippen molar-refractivity contribution in [3.05, 3.63) is 93.9 Å². The van der Waals surface area contributed by atoms with Gasteiger partial charge in [-0.1, -0.05) is 35.9 Å². The molecule has 1 amide bonds. The molecule has 3 aromatic carbocycles. The van der Waals surface area contributed by atoms with Crippen LogP contribution in [0.25, 0.3) is 10.8 Å². The number of halogens is 1. The van der Waals surface area contributed by atoms with Gasteiger partial charge in [0.15, 0.2) is 23.1 Å². The van der Waals surface area contributed by atoms with Gasteiger partial charge >= 0.3 is 6.09 Å². The Labute approximate surface area is 252 Å². The Kier molecular flexibility index (Phi) is 9.11. The molecule has 2 heterocycles. The van der Waals surface area contributed by atoms with E-state index in [-0.39, 0.29) is 29.6 Å². The molecule has 0 spiro atoms. The van der Waals surface area contributed by atoms with Crippen molar-refractivity contribution in [2.24, 2.45) is 0 Å². The predicted octanol–water partition coefficient (Wildman–Crippen LogP) is 5.54. The molecule has 0 saturated heterocycles. The van der Waals surface area contributed by atoms with Crippen molar-refractivity contribution in [3.63, 3.8) is 0 Å². The molecule has 1 aliphatic rings. The number of hydrogen-bond acceptors (Lipinski definition) is 9. The summed E-state index contributed by atoms with van der Waals surface area (Å²) in [6.07, 6.45) is 3.64. The topological polar surface area (TPSA) is 135 Å². The average molecular weight is 604 g/mol. The number of allylic oxidation sites excluding steroid dienone is 1. The minimum Gasteiger partial charge on any atom is -0.495 e. The van der Waals surface area contributed by atoms with E-state index in [4.69, 9.17) is 25.8 Å². The van der Waals surface area contributed by atoms with Crippen LogP contribution in [0.4, 0.5) is 16.3 Å². The van der Waals surface area contributed by atoms with Crippen LogP contribution >= 0.6 is 11.6 Å². The highest BCUT2D eigenvalue weighted by atomic mass is 35.5. The van der Waals surface area contributed by atoms with Gasteiger partial charge in [0.2, 0.25) is 0 Å². The maximum absolute atomic E-state index is 12.7. The molecule has 0 aliphatic carbocycles. The molecule has 222 valence electrons. The molecule has 1 aliphatic heterocycles. The molecule has 0 bridgehead atoms. The fraction of sp³-hybridized carbons (Fsp3) is 0.226. The fourth-order valence-corrected chi connectivity index (χ4v) is 5.08. The SMILES string of the molecule is COc1ccc(Cl)cc1NC(=O)Oc1ccc(C2CC(=O)C=CN2CCCNc2n[nH]c(=O)c3ccccc23)cc1OC. The number of fused-ring (bicyclic) bond motifs is 1. The summed E-state index contributed by atoms with van der Waals surface area (Å²) in [5, 5.41) is 14.4. The van der Waals surface area contributed by atoms with Gasteiger partial charge in [0, 0.05) is 36.1 Å². The standard InChI is InChI=1S/C31H30ClN5O6/c1-41-26-11-9-20(32)17-24(26)34-31(40)43-27-10-8-19(16-28(27)42-2)25-18-21(38)12-15-37(25)14-5-13-33-29-22-6-3-4-7-23(22)30(39)36-35-29/h3-4,6-12,15-17,25H,5,13-14,18H2,1-2H3,(H,33,35)(H,34,40)(H,36,39). The van der Waals surface area contributed by atoms with E-state index in [0.717, 1.165) is 17.4 Å². The first-order chi connectivity index (χ1) is 20.9. The van der Waals surface area contributed by atoms with Crippen molar-refractivity contribution < 1.29 is 23.8 Å². The molecule has 11 nitrogen and oxygen atoms in total. The van der Waals surface area contributed by atoms with Gasteiger partial charge in [0.25, 0.3) is 5.56 Å². The van der Waals surface area contributed by atoms with Crippen molar-refractivity contribution in [3.8, 4) is 17.2 Å². The highest BCUT2D eigenvalue weighted by Crippen LogP contribution is 2.36. The van der Waals surface area contributed by atoms with Gasteiger partial charge in [-0.05, 0) is 54.5 Å². The summed E-state index contributed by atoms with van der Waals surface area (Å²) in [6, 6.07) is 17.1. The average Bonchev–Trinajstić information content (AvgIpc) is 3.01. The van der Waals surface area contributed by atoms with Gasteiger partial charge in [0.1, 0.15) is 5.75 Å². The zero-order valence-corrected chi connectivity index (χ0v) is 24.3. The number of rotatable bonds is 10. The first-order valence-electron chi connectivity index (χ1n) is 13.5. The summed E-state index contributed by atoms with van der Waals surface area (Å²) >= 11 is 6.05. The van der Waals surface area contributed by atoms with Crippen LogP contribution in [0.3, 0.4) is 0 Å². The minimum atomic E-state index is -0.749. The molecular formula is C31H30ClN5O6. The van der Waals surface area contributed by atoms with Crippen LogP contribution in [0.2, 0.25) is 5.02 Å². The lowest BCUT2D eigenvalue weighted by Crippen LogP contribution is -2.31. The van der Waals surface area contributed by atoms with Gasteiger partial charge in [-0.2, -0.15) is 5.10 Å². The largest absolute Gasteiger partial charge is 0.495 e. The molecule has 1 atom stereocenters. The van der Waals surface area contributed by atoms with E-state index in [0.29, 0.717) is 46.5 Å². The molecule has 12 heteroatoms. The van der Waals surface area contributed by atoms with Gasteiger partial charge in [-0.15, -0.1) is 0 Å². The number of H-pyrrole nitrogens is 1. The number of aromatic nitrogens is 2. The number of nitrogens with one attached hydrogen (secondary N) is 3. The molecule has 0 radical (unpaired) electrons. The number of ketones is 1. The van der Waals surface area contributed by atoms with Gasteiger partial charge in [0.05, 0.1) is 31.3 Å². The number of amides is 1. The Morgan fingerprint density at radius 3 is 2.58 bits per heavy atom. The lowest BCUT2D eigenvalue weighted by Gasteiger charge is -2.33. The van der Waals surface area contributed by atoms with Crippen molar-refractivity contribution in [2.75, 3.05) is 37.9 Å². The lowest BCUT2D eigenvalue weighted by molar-refractivity contribution is -0.116. The molecular weight excluding hydrogens is 574 g/mol. The van der Waals surface area contributed by atoms with Crippen LogP contribution in [-0.2, 0) is 4.79 Å². The van der Waals surface area contributed by atoms with Crippen molar-refractivity contribution in [2.45, 2.75) is 18.9 Å². The Morgan fingerprint density at radius 2 is 1.79 bits per heavy atom. The summed E-state index contributed by atoms with van der Waals surface area (Å²) in [5.41, 5.74) is 0.957. The Morgan fingerprint density at radius 1 is 1.02 bits per heavy atom. The summed E-state index contributed by atoms with van der Waals surface area (Å²) < 4.78 is 16.3. The molecule has 43 heavy (non-hydrogen) atoms. The highest BCUT2D eigenvalue weighted by molar-refractivity contribution is 6.31. The number of carbonyl (C=O) groups excluding carboxylic acids is 2. The Hall–Kier alpha value is -5.03. The van der Waals surface area contributed by atoms with Crippen LogP contribution in [0.5, 0.6) is 17.2 Å².